The summed E-state index contributed by atoms with van der Waals surface area (Å²) < 4.78 is 0. The fraction of sp³-hybridized carbons (Fsp3) is 0.600. The molecule has 0 bridgehead atoms. The van der Waals surface area contributed by atoms with Crippen LogP contribution in [0.3, 0.4) is 0 Å². The highest BCUT2D eigenvalue weighted by Gasteiger charge is 2.25. The molecule has 1 aromatic heterocycles. The molecule has 0 amide bonds. The van der Waals surface area contributed by atoms with Crippen LogP contribution in [0.1, 0.15) is 32.0 Å². The van der Waals surface area contributed by atoms with Gasteiger partial charge in [-0.25, -0.2) is 0 Å². The molecule has 0 spiro atoms. The van der Waals surface area contributed by atoms with Gasteiger partial charge in [0.25, 0.3) is 0 Å². The standard InChI is InChI=1S/C15H24N4S/c1-15(2,3)19-8-6-18(7-9-19)11-12-4-5-17-13(10-12)14(16)20/h4-5,10H,6-9,11H2,1-3H3,(H2,16,20). The molecule has 1 fully saturated rings. The van der Waals surface area contributed by atoms with Crippen molar-refractivity contribution in [1.82, 2.24) is 14.8 Å². The number of thiocarbonyl (C=S) groups is 1. The first-order chi connectivity index (χ1) is 9.36. The average Bonchev–Trinajstić information content (AvgIpc) is 2.38. The molecule has 1 saturated heterocycles. The van der Waals surface area contributed by atoms with Crippen LogP contribution in [0.25, 0.3) is 0 Å². The molecule has 20 heavy (non-hydrogen) atoms. The van der Waals surface area contributed by atoms with Crippen molar-refractivity contribution in [1.29, 1.82) is 0 Å². The topological polar surface area (TPSA) is 45.4 Å². The minimum atomic E-state index is 0.266. The Labute approximate surface area is 127 Å². The van der Waals surface area contributed by atoms with Gasteiger partial charge in [0, 0.05) is 44.5 Å². The number of hydrogen-bond acceptors (Lipinski definition) is 4. The van der Waals surface area contributed by atoms with Gasteiger partial charge in [0.2, 0.25) is 0 Å². The Morgan fingerprint density at radius 2 is 1.95 bits per heavy atom. The zero-order valence-corrected chi connectivity index (χ0v) is 13.4. The highest BCUT2D eigenvalue weighted by Crippen LogP contribution is 2.17. The Hall–Kier alpha value is -1.04. The lowest BCUT2D eigenvalue weighted by Crippen LogP contribution is -2.53. The molecule has 1 aliphatic heterocycles. The van der Waals surface area contributed by atoms with E-state index in [1.54, 1.807) is 6.20 Å². The SMILES string of the molecule is CC(C)(C)N1CCN(Cc2ccnc(C(N)=S)c2)CC1. The number of piperazine rings is 1. The molecule has 110 valence electrons. The Balaban J connectivity index is 1.93. The lowest BCUT2D eigenvalue weighted by molar-refractivity contribution is 0.0591. The van der Waals surface area contributed by atoms with E-state index in [2.05, 4.69) is 35.6 Å². The Morgan fingerprint density at radius 3 is 2.50 bits per heavy atom. The van der Waals surface area contributed by atoms with E-state index in [0.29, 0.717) is 10.7 Å². The van der Waals surface area contributed by atoms with Crippen molar-refractivity contribution in [3.05, 3.63) is 29.6 Å². The van der Waals surface area contributed by atoms with Gasteiger partial charge >= 0.3 is 0 Å². The maximum absolute atomic E-state index is 5.63. The number of rotatable bonds is 3. The van der Waals surface area contributed by atoms with Crippen molar-refractivity contribution >= 4 is 17.2 Å². The molecule has 5 heteroatoms. The van der Waals surface area contributed by atoms with Crippen LogP contribution < -0.4 is 5.73 Å². The van der Waals surface area contributed by atoms with Crippen molar-refractivity contribution in [3.8, 4) is 0 Å². The van der Waals surface area contributed by atoms with Crippen molar-refractivity contribution in [2.24, 2.45) is 5.73 Å². The number of nitrogens with two attached hydrogens (primary N) is 1. The smallest absolute Gasteiger partial charge is 0.122 e. The lowest BCUT2D eigenvalue weighted by atomic mass is 10.0. The van der Waals surface area contributed by atoms with Crippen LogP contribution in [0.2, 0.25) is 0 Å². The van der Waals surface area contributed by atoms with Gasteiger partial charge in [0.1, 0.15) is 4.99 Å². The number of aromatic nitrogens is 1. The van der Waals surface area contributed by atoms with E-state index in [1.165, 1.54) is 5.56 Å². The summed E-state index contributed by atoms with van der Waals surface area (Å²) in [6.07, 6.45) is 1.79. The minimum Gasteiger partial charge on any atom is -0.388 e. The second-order valence-electron chi connectivity index (χ2n) is 6.35. The van der Waals surface area contributed by atoms with E-state index in [1.807, 2.05) is 12.1 Å². The van der Waals surface area contributed by atoms with Gasteiger partial charge in [-0.1, -0.05) is 12.2 Å². The second-order valence-corrected chi connectivity index (χ2v) is 6.79. The van der Waals surface area contributed by atoms with E-state index in [4.69, 9.17) is 18.0 Å². The normalized spacial score (nSPS) is 18.1. The van der Waals surface area contributed by atoms with Crippen molar-refractivity contribution in [2.75, 3.05) is 26.2 Å². The zero-order valence-electron chi connectivity index (χ0n) is 12.6. The fourth-order valence-electron chi connectivity index (χ4n) is 2.54. The van der Waals surface area contributed by atoms with Crippen molar-refractivity contribution in [3.63, 3.8) is 0 Å². The van der Waals surface area contributed by atoms with Gasteiger partial charge < -0.3 is 5.73 Å². The number of nitrogens with zero attached hydrogens (tertiary/aromatic N) is 3. The van der Waals surface area contributed by atoms with Gasteiger partial charge in [-0.2, -0.15) is 0 Å². The first-order valence-electron chi connectivity index (χ1n) is 7.08. The molecule has 0 unspecified atom stereocenters. The predicted octanol–water partition coefficient (Wildman–Crippen LogP) is 1.63. The molecular formula is C15H24N4S. The molecule has 2 heterocycles. The monoisotopic (exact) mass is 292 g/mol. The Morgan fingerprint density at radius 1 is 1.30 bits per heavy atom. The van der Waals surface area contributed by atoms with Gasteiger partial charge in [-0.3, -0.25) is 14.8 Å². The summed E-state index contributed by atoms with van der Waals surface area (Å²) in [6, 6.07) is 4.04. The first kappa shape index (κ1) is 15.4. The quantitative estimate of drug-likeness (QED) is 0.858. The largest absolute Gasteiger partial charge is 0.388 e. The van der Waals surface area contributed by atoms with Crippen LogP contribution in [0.4, 0.5) is 0 Å². The molecule has 2 N–H and O–H groups in total. The minimum absolute atomic E-state index is 0.266. The fourth-order valence-corrected chi connectivity index (χ4v) is 2.65. The number of hydrogen-bond donors (Lipinski definition) is 1. The van der Waals surface area contributed by atoms with Gasteiger partial charge in [0.15, 0.2) is 0 Å². The molecule has 0 radical (unpaired) electrons. The third-order valence-electron chi connectivity index (χ3n) is 3.80. The Bertz CT molecular complexity index is 473. The van der Waals surface area contributed by atoms with Crippen molar-refractivity contribution in [2.45, 2.75) is 32.9 Å². The van der Waals surface area contributed by atoms with Crippen LogP contribution in [0.15, 0.2) is 18.3 Å². The maximum Gasteiger partial charge on any atom is 0.122 e. The zero-order chi connectivity index (χ0) is 14.8. The van der Waals surface area contributed by atoms with E-state index >= 15 is 0 Å². The molecule has 0 saturated carbocycles. The van der Waals surface area contributed by atoms with E-state index < -0.39 is 0 Å². The highest BCUT2D eigenvalue weighted by molar-refractivity contribution is 7.80. The Kier molecular flexibility index (Phi) is 4.73. The molecule has 2 rings (SSSR count). The molecule has 4 nitrogen and oxygen atoms in total. The third kappa shape index (κ3) is 3.98. The molecule has 1 aromatic rings. The van der Waals surface area contributed by atoms with Crippen LogP contribution in [0, 0.1) is 0 Å². The average molecular weight is 292 g/mol. The number of pyridine rings is 1. The summed E-state index contributed by atoms with van der Waals surface area (Å²) in [5.74, 6) is 0. The summed E-state index contributed by atoms with van der Waals surface area (Å²) in [4.78, 5) is 9.56. The van der Waals surface area contributed by atoms with Gasteiger partial charge in [-0.05, 0) is 38.5 Å². The summed E-state index contributed by atoms with van der Waals surface area (Å²) in [7, 11) is 0. The molecular weight excluding hydrogens is 268 g/mol. The highest BCUT2D eigenvalue weighted by atomic mass is 32.1. The van der Waals surface area contributed by atoms with Crippen molar-refractivity contribution < 1.29 is 0 Å². The third-order valence-corrected chi connectivity index (χ3v) is 4.01. The molecule has 0 atom stereocenters. The van der Waals surface area contributed by atoms with E-state index in [9.17, 15) is 0 Å². The van der Waals surface area contributed by atoms with Gasteiger partial charge in [-0.15, -0.1) is 0 Å². The summed E-state index contributed by atoms with van der Waals surface area (Å²) >= 11 is 4.98. The van der Waals surface area contributed by atoms with Gasteiger partial charge in [0.05, 0.1) is 5.69 Å². The van der Waals surface area contributed by atoms with E-state index in [0.717, 1.165) is 32.7 Å². The van der Waals surface area contributed by atoms with Crippen LogP contribution >= 0.6 is 12.2 Å². The molecule has 0 aromatic carbocycles. The lowest BCUT2D eigenvalue weighted by Gasteiger charge is -2.42. The summed E-state index contributed by atoms with van der Waals surface area (Å²) in [5.41, 5.74) is 7.84. The maximum atomic E-state index is 5.63. The van der Waals surface area contributed by atoms with E-state index in [-0.39, 0.29) is 5.54 Å². The van der Waals surface area contributed by atoms with Crippen LogP contribution in [0.5, 0.6) is 0 Å². The molecule has 1 aliphatic rings. The second kappa shape index (κ2) is 6.16. The first-order valence-corrected chi connectivity index (χ1v) is 7.49. The van der Waals surface area contributed by atoms with Crippen LogP contribution in [-0.2, 0) is 6.54 Å². The van der Waals surface area contributed by atoms with Crippen LogP contribution in [-0.4, -0.2) is 51.5 Å². The summed E-state index contributed by atoms with van der Waals surface area (Å²) in [6.45, 7) is 12.2. The predicted molar refractivity (Wildman–Crippen MR) is 86.7 cm³/mol. The molecule has 0 aliphatic carbocycles. The summed E-state index contributed by atoms with van der Waals surface area (Å²) in [5, 5.41) is 0.